The molecule has 0 aliphatic carbocycles. The van der Waals surface area contributed by atoms with E-state index in [0.29, 0.717) is 11.3 Å². The van der Waals surface area contributed by atoms with Gasteiger partial charge in [-0.2, -0.15) is 0 Å². The van der Waals surface area contributed by atoms with Crippen molar-refractivity contribution < 1.29 is 29.0 Å². The van der Waals surface area contributed by atoms with Gasteiger partial charge in [-0.3, -0.25) is 14.4 Å². The first-order valence-corrected chi connectivity index (χ1v) is 13.1. The normalized spacial score (nSPS) is 12.6. The van der Waals surface area contributed by atoms with Gasteiger partial charge in [0.05, 0.1) is 6.42 Å². The highest BCUT2D eigenvalue weighted by Crippen LogP contribution is 2.33. The maximum absolute atomic E-state index is 14.0. The van der Waals surface area contributed by atoms with Gasteiger partial charge in [0.25, 0.3) is 5.91 Å². The van der Waals surface area contributed by atoms with Crippen molar-refractivity contribution in [2.75, 3.05) is 11.9 Å². The molecule has 2 atom stereocenters. The minimum atomic E-state index is -1.45. The Hall–Kier alpha value is -4.86. The number of primary amides is 1. The van der Waals surface area contributed by atoms with Crippen molar-refractivity contribution in [3.05, 3.63) is 84.4 Å². The number of ether oxygens (including phenoxy) is 1. The zero-order valence-electron chi connectivity index (χ0n) is 23.6. The number of alkyl carbamates (subject to hydrolysis) is 1. The van der Waals surface area contributed by atoms with Crippen molar-refractivity contribution >= 4 is 40.3 Å². The average Bonchev–Trinajstić information content (AvgIpc) is 2.88. The lowest BCUT2D eigenvalue weighted by molar-refractivity contribution is -0.141. The number of carbonyl (C=O) groups excluding carboxylic acids is 4. The molecule has 216 valence electrons. The number of rotatable bonds is 10. The average molecular weight is 561 g/mol. The maximum Gasteiger partial charge on any atom is 0.408 e. The van der Waals surface area contributed by atoms with E-state index < -0.39 is 47.9 Å². The van der Waals surface area contributed by atoms with Crippen LogP contribution < -0.4 is 16.4 Å². The largest absolute Gasteiger partial charge is 0.507 e. The summed E-state index contributed by atoms with van der Waals surface area (Å²) in [5.74, 6) is -2.46. The zero-order chi connectivity index (χ0) is 30.3. The number of phenolic OH excluding ortho intramolecular Hbond substituents is 1. The first-order chi connectivity index (χ1) is 19.3. The van der Waals surface area contributed by atoms with Gasteiger partial charge in [-0.1, -0.05) is 54.6 Å². The fraction of sp³-hybridized carbons (Fsp3) is 0.290. The Balaban J connectivity index is 2.06. The number of para-hydroxylation sites is 1. The molecule has 3 aromatic rings. The van der Waals surface area contributed by atoms with Crippen LogP contribution in [0.2, 0.25) is 0 Å². The Morgan fingerprint density at radius 2 is 1.73 bits per heavy atom. The highest BCUT2D eigenvalue weighted by Gasteiger charge is 2.38. The van der Waals surface area contributed by atoms with E-state index in [1.807, 2.05) is 30.3 Å². The van der Waals surface area contributed by atoms with Gasteiger partial charge >= 0.3 is 6.09 Å². The molecule has 5 N–H and O–H groups in total. The van der Waals surface area contributed by atoms with Crippen LogP contribution in [0, 0.1) is 6.92 Å². The summed E-state index contributed by atoms with van der Waals surface area (Å²) in [7, 11) is 0. The zero-order valence-corrected chi connectivity index (χ0v) is 23.6. The minimum Gasteiger partial charge on any atom is -0.507 e. The fourth-order valence-electron chi connectivity index (χ4n) is 4.34. The summed E-state index contributed by atoms with van der Waals surface area (Å²) in [6.07, 6.45) is -0.0911. The van der Waals surface area contributed by atoms with Crippen molar-refractivity contribution in [2.24, 2.45) is 5.73 Å². The highest BCUT2D eigenvalue weighted by molar-refractivity contribution is 6.01. The lowest BCUT2D eigenvalue weighted by atomic mass is 9.98. The second kappa shape index (κ2) is 13.0. The molecular weight excluding hydrogens is 524 g/mol. The molecule has 3 rings (SSSR count). The number of anilines is 1. The van der Waals surface area contributed by atoms with Gasteiger partial charge in [0.1, 0.15) is 23.4 Å². The quantitative estimate of drug-likeness (QED) is 0.271. The van der Waals surface area contributed by atoms with Crippen molar-refractivity contribution in [1.29, 1.82) is 0 Å². The summed E-state index contributed by atoms with van der Waals surface area (Å²) in [6, 6.07) is 15.0. The highest BCUT2D eigenvalue weighted by atomic mass is 16.6. The van der Waals surface area contributed by atoms with Crippen LogP contribution in [0.4, 0.5) is 10.5 Å². The maximum atomic E-state index is 14.0. The number of hydrogen-bond donors (Lipinski definition) is 4. The predicted molar refractivity (Wildman–Crippen MR) is 157 cm³/mol. The van der Waals surface area contributed by atoms with Crippen molar-refractivity contribution in [3.63, 3.8) is 0 Å². The molecule has 0 heterocycles. The number of aromatic hydroxyl groups is 1. The first-order valence-electron chi connectivity index (χ1n) is 13.1. The van der Waals surface area contributed by atoms with Gasteiger partial charge in [0.2, 0.25) is 11.8 Å². The third kappa shape index (κ3) is 8.07. The van der Waals surface area contributed by atoms with E-state index in [4.69, 9.17) is 10.5 Å². The number of benzene rings is 3. The molecule has 0 bridgehead atoms. The molecule has 0 radical (unpaired) electrons. The molecule has 0 fully saturated rings. The standard InChI is InChI=1S/C31H36N4O6/c1-6-16-35(29(39)24(18-25(32)36)34-30(40)41-31(3,4)5)26(23-13-9-10-19(2)27(23)37)28(38)33-22-15-14-20-11-7-8-12-21(20)17-22/h6-15,17,24,26,37H,1,16,18H2,2-5H3,(H2,32,36)(H,33,38)(H,34,40). The Morgan fingerprint density at radius 3 is 2.37 bits per heavy atom. The van der Waals surface area contributed by atoms with Crippen molar-refractivity contribution in [2.45, 2.75) is 51.8 Å². The fourth-order valence-corrected chi connectivity index (χ4v) is 4.34. The minimum absolute atomic E-state index is 0.147. The molecule has 0 aromatic heterocycles. The van der Waals surface area contributed by atoms with Gasteiger partial charge in [0.15, 0.2) is 0 Å². The van der Waals surface area contributed by atoms with Crippen molar-refractivity contribution in [3.8, 4) is 5.75 Å². The third-order valence-corrected chi connectivity index (χ3v) is 6.14. The second-order valence-corrected chi connectivity index (χ2v) is 10.6. The van der Waals surface area contributed by atoms with E-state index in [1.165, 1.54) is 12.1 Å². The van der Waals surface area contributed by atoms with E-state index in [0.717, 1.165) is 15.7 Å². The van der Waals surface area contributed by atoms with E-state index >= 15 is 0 Å². The molecule has 2 unspecified atom stereocenters. The summed E-state index contributed by atoms with van der Waals surface area (Å²) in [5.41, 5.74) is 5.63. The number of nitrogens with two attached hydrogens (primary N) is 1. The molecule has 0 aliphatic rings. The second-order valence-electron chi connectivity index (χ2n) is 10.6. The van der Waals surface area contributed by atoms with Crippen LogP contribution in [0.5, 0.6) is 5.75 Å². The SMILES string of the molecule is C=CCN(C(=O)C(CC(N)=O)NC(=O)OC(C)(C)C)C(C(=O)Nc1ccc2ccccc2c1)c1cccc(C)c1O. The molecule has 10 heteroatoms. The molecule has 0 aliphatic heterocycles. The molecule has 0 saturated heterocycles. The van der Waals surface area contributed by atoms with Crippen LogP contribution in [0.25, 0.3) is 10.8 Å². The summed E-state index contributed by atoms with van der Waals surface area (Å²) in [6.45, 7) is 10.2. The number of aryl methyl sites for hydroxylation is 1. The van der Waals surface area contributed by atoms with E-state index in [2.05, 4.69) is 17.2 Å². The number of nitrogens with zero attached hydrogens (tertiary/aromatic N) is 1. The smallest absolute Gasteiger partial charge is 0.408 e. The van der Waals surface area contributed by atoms with Gasteiger partial charge in [-0.25, -0.2) is 4.79 Å². The Bertz CT molecular complexity index is 1460. The lowest BCUT2D eigenvalue weighted by Crippen LogP contribution is -2.53. The number of amides is 4. The van der Waals surface area contributed by atoms with Crippen molar-refractivity contribution in [1.82, 2.24) is 10.2 Å². The molecular formula is C31H36N4O6. The molecule has 4 amide bonds. The summed E-state index contributed by atoms with van der Waals surface area (Å²) >= 11 is 0. The molecule has 41 heavy (non-hydrogen) atoms. The van der Waals surface area contributed by atoms with E-state index in [-0.39, 0.29) is 17.9 Å². The first kappa shape index (κ1) is 30.7. The lowest BCUT2D eigenvalue weighted by Gasteiger charge is -2.34. The third-order valence-electron chi connectivity index (χ3n) is 6.14. The number of nitrogens with one attached hydrogen (secondary N) is 2. The number of hydrogen-bond acceptors (Lipinski definition) is 6. The Kier molecular flexibility index (Phi) is 9.72. The molecule has 3 aromatic carbocycles. The summed E-state index contributed by atoms with van der Waals surface area (Å²) < 4.78 is 5.27. The predicted octanol–water partition coefficient (Wildman–Crippen LogP) is 4.32. The van der Waals surface area contributed by atoms with Gasteiger partial charge in [0, 0.05) is 17.8 Å². The number of carbonyl (C=O) groups is 4. The summed E-state index contributed by atoms with van der Waals surface area (Å²) in [4.78, 5) is 53.5. The van der Waals surface area contributed by atoms with Gasteiger partial charge < -0.3 is 31.1 Å². The van der Waals surface area contributed by atoms with Crippen LogP contribution in [-0.4, -0.2) is 52.0 Å². The van der Waals surface area contributed by atoms with Crippen LogP contribution in [0.1, 0.15) is 44.4 Å². The van der Waals surface area contributed by atoms with Gasteiger partial charge in [-0.15, -0.1) is 6.58 Å². The molecule has 0 saturated carbocycles. The van der Waals surface area contributed by atoms with Crippen LogP contribution in [-0.2, 0) is 19.1 Å². The molecule has 10 nitrogen and oxygen atoms in total. The molecule has 0 spiro atoms. The monoisotopic (exact) mass is 560 g/mol. The number of fused-ring (bicyclic) bond motifs is 1. The summed E-state index contributed by atoms with van der Waals surface area (Å²) in [5, 5.41) is 18.1. The topological polar surface area (TPSA) is 151 Å². The Morgan fingerprint density at radius 1 is 1.05 bits per heavy atom. The van der Waals surface area contributed by atoms with Crippen LogP contribution in [0.15, 0.2) is 73.3 Å². The van der Waals surface area contributed by atoms with Gasteiger partial charge in [-0.05, 0) is 56.2 Å². The van der Waals surface area contributed by atoms with Crippen LogP contribution in [0.3, 0.4) is 0 Å². The Labute approximate surface area is 239 Å². The van der Waals surface area contributed by atoms with Crippen LogP contribution >= 0.6 is 0 Å². The van der Waals surface area contributed by atoms with E-state index in [9.17, 15) is 24.3 Å². The van der Waals surface area contributed by atoms with E-state index in [1.54, 1.807) is 52.0 Å². The number of phenols is 1.